The Morgan fingerprint density at radius 1 is 1.40 bits per heavy atom. The van der Waals surface area contributed by atoms with Gasteiger partial charge in [0.05, 0.1) is 5.54 Å². The van der Waals surface area contributed by atoms with Gasteiger partial charge in [-0.1, -0.05) is 22.0 Å². The Hall–Kier alpha value is -0.540. The summed E-state index contributed by atoms with van der Waals surface area (Å²) in [7, 11) is 0. The maximum absolute atomic E-state index is 5.54. The minimum Gasteiger partial charge on any atom is -0.475 e. The number of rotatable bonds is 1. The van der Waals surface area contributed by atoms with E-state index < -0.39 is 0 Å². The fraction of sp³-hybridized carbons (Fsp3) is 0.364. The first-order chi connectivity index (χ1) is 6.57. The average Bonchev–Trinajstić information content (AvgIpc) is 2.46. The zero-order chi connectivity index (χ0) is 10.2. The van der Waals surface area contributed by atoms with Crippen LogP contribution >= 0.6 is 28.3 Å². The van der Waals surface area contributed by atoms with Crippen LogP contribution in [-0.2, 0) is 4.74 Å². The van der Waals surface area contributed by atoms with E-state index in [0.717, 1.165) is 15.9 Å². The van der Waals surface area contributed by atoms with E-state index in [4.69, 9.17) is 4.74 Å². The minimum atomic E-state index is -0.0857. The second-order valence-electron chi connectivity index (χ2n) is 4.03. The fourth-order valence-corrected chi connectivity index (χ4v) is 1.75. The molecule has 15 heavy (non-hydrogen) atoms. The van der Waals surface area contributed by atoms with Crippen molar-refractivity contribution in [1.82, 2.24) is 0 Å². The molecule has 0 aliphatic carbocycles. The van der Waals surface area contributed by atoms with Gasteiger partial charge in [-0.05, 0) is 32.0 Å². The third-order valence-electron chi connectivity index (χ3n) is 2.04. The summed E-state index contributed by atoms with van der Waals surface area (Å²) in [5, 5.41) is 0. The quantitative estimate of drug-likeness (QED) is 0.776. The first-order valence-corrected chi connectivity index (χ1v) is 5.35. The number of aliphatic imine (C=N–C) groups is 1. The van der Waals surface area contributed by atoms with E-state index in [1.54, 1.807) is 0 Å². The first-order valence-electron chi connectivity index (χ1n) is 4.55. The molecule has 0 spiro atoms. The normalized spacial score (nSPS) is 17.7. The van der Waals surface area contributed by atoms with Crippen molar-refractivity contribution in [3.63, 3.8) is 0 Å². The van der Waals surface area contributed by atoms with E-state index in [2.05, 4.69) is 34.8 Å². The second-order valence-corrected chi connectivity index (χ2v) is 4.94. The van der Waals surface area contributed by atoms with Gasteiger partial charge in [-0.25, -0.2) is 4.99 Å². The third kappa shape index (κ3) is 2.95. The van der Waals surface area contributed by atoms with Crippen molar-refractivity contribution in [2.75, 3.05) is 6.61 Å². The summed E-state index contributed by atoms with van der Waals surface area (Å²) in [5.74, 6) is 0.747. The van der Waals surface area contributed by atoms with Crippen LogP contribution < -0.4 is 0 Å². The van der Waals surface area contributed by atoms with Crippen LogP contribution in [0.1, 0.15) is 19.4 Å². The van der Waals surface area contributed by atoms with Gasteiger partial charge in [-0.3, -0.25) is 0 Å². The van der Waals surface area contributed by atoms with Crippen LogP contribution in [0.5, 0.6) is 0 Å². The molecular formula is C11H13BrClNO. The molecule has 0 saturated carbocycles. The maximum Gasteiger partial charge on any atom is 0.216 e. The van der Waals surface area contributed by atoms with Gasteiger partial charge in [0.25, 0.3) is 0 Å². The average molecular weight is 291 g/mol. The van der Waals surface area contributed by atoms with E-state index in [0.29, 0.717) is 6.61 Å². The number of benzene rings is 1. The Labute approximate surface area is 104 Å². The van der Waals surface area contributed by atoms with E-state index in [-0.39, 0.29) is 17.9 Å². The zero-order valence-electron chi connectivity index (χ0n) is 8.66. The molecular weight excluding hydrogens is 277 g/mol. The van der Waals surface area contributed by atoms with Crippen LogP contribution in [0.2, 0.25) is 0 Å². The molecule has 0 fully saturated rings. The van der Waals surface area contributed by atoms with Gasteiger partial charge in [0, 0.05) is 10.0 Å². The van der Waals surface area contributed by atoms with Crippen molar-refractivity contribution in [3.05, 3.63) is 34.3 Å². The molecule has 1 aliphatic heterocycles. The van der Waals surface area contributed by atoms with Crippen LogP contribution in [0.25, 0.3) is 0 Å². The summed E-state index contributed by atoms with van der Waals surface area (Å²) in [5.41, 5.74) is 0.947. The molecule has 1 aliphatic rings. The molecule has 0 bridgehead atoms. The molecule has 0 radical (unpaired) electrons. The van der Waals surface area contributed by atoms with E-state index in [9.17, 15) is 0 Å². The smallest absolute Gasteiger partial charge is 0.216 e. The highest BCUT2D eigenvalue weighted by atomic mass is 79.9. The molecule has 2 rings (SSSR count). The lowest BCUT2D eigenvalue weighted by molar-refractivity contribution is 0.279. The molecule has 0 amide bonds. The Bertz CT molecular complexity index is 390. The van der Waals surface area contributed by atoms with Crippen molar-refractivity contribution < 1.29 is 4.74 Å². The van der Waals surface area contributed by atoms with Gasteiger partial charge in [-0.2, -0.15) is 0 Å². The summed E-state index contributed by atoms with van der Waals surface area (Å²) in [6.07, 6.45) is 0. The predicted molar refractivity (Wildman–Crippen MR) is 68.0 cm³/mol. The first kappa shape index (κ1) is 12.5. The van der Waals surface area contributed by atoms with Crippen LogP contribution in [0, 0.1) is 0 Å². The molecule has 0 atom stereocenters. The Morgan fingerprint density at radius 2 is 2.13 bits per heavy atom. The maximum atomic E-state index is 5.54. The van der Waals surface area contributed by atoms with Gasteiger partial charge >= 0.3 is 0 Å². The standard InChI is InChI=1S/C11H12BrNO.ClH/c1-11(2)7-14-10(13-11)8-4-3-5-9(12)6-8;/h3-6H,7H2,1-2H3;1H. The largest absolute Gasteiger partial charge is 0.475 e. The van der Waals surface area contributed by atoms with Crippen molar-refractivity contribution >= 4 is 34.2 Å². The summed E-state index contributed by atoms with van der Waals surface area (Å²) in [6.45, 7) is 4.80. The lowest BCUT2D eigenvalue weighted by Gasteiger charge is -2.07. The van der Waals surface area contributed by atoms with Crippen molar-refractivity contribution in [3.8, 4) is 0 Å². The molecule has 0 aromatic heterocycles. The molecule has 0 unspecified atom stereocenters. The third-order valence-corrected chi connectivity index (χ3v) is 2.53. The molecule has 1 aromatic rings. The zero-order valence-corrected chi connectivity index (χ0v) is 11.1. The number of hydrogen-bond donors (Lipinski definition) is 0. The van der Waals surface area contributed by atoms with Crippen LogP contribution in [0.4, 0.5) is 0 Å². The topological polar surface area (TPSA) is 21.6 Å². The summed E-state index contributed by atoms with van der Waals surface area (Å²) in [6, 6.07) is 7.99. The SMILES string of the molecule is CC1(C)COC(c2cccc(Br)c2)=N1.Cl. The second kappa shape index (κ2) is 4.54. The number of nitrogens with zero attached hydrogens (tertiary/aromatic N) is 1. The van der Waals surface area contributed by atoms with Crippen molar-refractivity contribution in [2.45, 2.75) is 19.4 Å². The van der Waals surface area contributed by atoms with E-state index >= 15 is 0 Å². The predicted octanol–water partition coefficient (Wildman–Crippen LogP) is 3.43. The van der Waals surface area contributed by atoms with Gasteiger partial charge < -0.3 is 4.74 Å². The van der Waals surface area contributed by atoms with Crippen molar-refractivity contribution in [2.24, 2.45) is 4.99 Å². The number of hydrogen-bond acceptors (Lipinski definition) is 2. The van der Waals surface area contributed by atoms with Gasteiger partial charge in [0.1, 0.15) is 6.61 Å². The number of ether oxygens (including phenoxy) is 1. The van der Waals surface area contributed by atoms with E-state index in [1.807, 2.05) is 24.3 Å². The lowest BCUT2D eigenvalue weighted by Crippen LogP contribution is -2.17. The molecule has 0 N–H and O–H groups in total. The number of halogens is 2. The van der Waals surface area contributed by atoms with Gasteiger partial charge in [-0.15, -0.1) is 12.4 Å². The lowest BCUT2D eigenvalue weighted by atomic mass is 10.1. The van der Waals surface area contributed by atoms with Gasteiger partial charge in [0.15, 0.2) is 0 Å². The Kier molecular flexibility index (Phi) is 3.79. The monoisotopic (exact) mass is 289 g/mol. The summed E-state index contributed by atoms with van der Waals surface area (Å²) in [4.78, 5) is 4.51. The Morgan fingerprint density at radius 3 is 2.67 bits per heavy atom. The summed E-state index contributed by atoms with van der Waals surface area (Å²) < 4.78 is 6.59. The highest BCUT2D eigenvalue weighted by Gasteiger charge is 2.26. The van der Waals surface area contributed by atoms with E-state index in [1.165, 1.54) is 0 Å². The molecule has 2 nitrogen and oxygen atoms in total. The fourth-order valence-electron chi connectivity index (χ4n) is 1.35. The molecule has 0 saturated heterocycles. The molecule has 82 valence electrons. The van der Waals surface area contributed by atoms with Crippen LogP contribution in [0.3, 0.4) is 0 Å². The van der Waals surface area contributed by atoms with Crippen LogP contribution in [-0.4, -0.2) is 18.0 Å². The molecule has 1 heterocycles. The molecule has 1 aromatic carbocycles. The molecule has 4 heteroatoms. The Balaban J connectivity index is 0.00000112. The van der Waals surface area contributed by atoms with Gasteiger partial charge in [0.2, 0.25) is 5.90 Å². The minimum absolute atomic E-state index is 0. The highest BCUT2D eigenvalue weighted by Crippen LogP contribution is 2.22. The van der Waals surface area contributed by atoms with Crippen LogP contribution in [0.15, 0.2) is 33.7 Å². The van der Waals surface area contributed by atoms with Crippen molar-refractivity contribution in [1.29, 1.82) is 0 Å². The summed E-state index contributed by atoms with van der Waals surface area (Å²) >= 11 is 3.43. The highest BCUT2D eigenvalue weighted by molar-refractivity contribution is 9.10.